The van der Waals surface area contributed by atoms with Gasteiger partial charge in [-0.05, 0) is 36.2 Å². The average molecular weight is 361 g/mol. The van der Waals surface area contributed by atoms with Crippen LogP contribution in [-0.4, -0.2) is 46.7 Å². The molecule has 0 aromatic heterocycles. The van der Waals surface area contributed by atoms with Gasteiger partial charge in [0.1, 0.15) is 0 Å². The second-order valence-corrected chi connectivity index (χ2v) is 4.84. The zero-order valence-electron chi connectivity index (χ0n) is 16.3. The monoisotopic (exact) mass is 360 g/mol. The van der Waals surface area contributed by atoms with Gasteiger partial charge in [0.2, 0.25) is 5.91 Å². The third-order valence-electron chi connectivity index (χ3n) is 2.11. The molecule has 142 valence electrons. The van der Waals surface area contributed by atoms with E-state index in [1.807, 2.05) is 70.1 Å². The maximum absolute atomic E-state index is 10.9. The van der Waals surface area contributed by atoms with E-state index in [-0.39, 0.29) is 19.1 Å². The minimum absolute atomic E-state index is 0.0526. The molecule has 0 spiro atoms. The Morgan fingerprint density at radius 3 is 1.71 bits per heavy atom. The first-order chi connectivity index (χ1) is 11.7. The fourth-order valence-corrected chi connectivity index (χ4v) is 2.28. The highest BCUT2D eigenvalue weighted by atomic mass is 32.2. The van der Waals surface area contributed by atoms with Crippen LogP contribution in [0.2, 0.25) is 0 Å². The Labute approximate surface area is 152 Å². The molecule has 0 radical (unpaired) electrons. The molecule has 5 nitrogen and oxygen atoms in total. The van der Waals surface area contributed by atoms with Gasteiger partial charge in [-0.2, -0.15) is 0 Å². The van der Waals surface area contributed by atoms with E-state index in [1.165, 1.54) is 18.9 Å². The number of rotatable bonds is 7. The number of hydrogen-bond acceptors (Lipinski definition) is 5. The van der Waals surface area contributed by atoms with E-state index in [4.69, 9.17) is 10.2 Å². The molecule has 1 rings (SSSR count). The zero-order chi connectivity index (χ0) is 19.4. The number of aliphatic hydroxyl groups excluding tert-OH is 2. The summed E-state index contributed by atoms with van der Waals surface area (Å²) >= 11 is 1.47. The Balaban J connectivity index is -0.000000659. The molecule has 0 aliphatic rings. The molecule has 24 heavy (non-hydrogen) atoms. The standard InChI is InChI=1S/C12H18N2O3S.3C2H6/c1-10(17)13-11-2-4-12(5-3-11)18-14(6-8-15)7-9-16;3*1-2/h2-5,15-16H,6-9H2,1H3,(H,13,17);3*1-2H3. The number of hydrogen-bond donors (Lipinski definition) is 3. The molecular weight excluding hydrogens is 324 g/mol. The van der Waals surface area contributed by atoms with E-state index >= 15 is 0 Å². The SMILES string of the molecule is CC.CC.CC.CC(=O)Nc1ccc(SN(CCO)CCO)cc1. The third kappa shape index (κ3) is 15.8. The van der Waals surface area contributed by atoms with Crippen molar-refractivity contribution >= 4 is 23.5 Å². The zero-order valence-corrected chi connectivity index (χ0v) is 17.1. The van der Waals surface area contributed by atoms with Crippen molar-refractivity contribution in [2.75, 3.05) is 31.6 Å². The largest absolute Gasteiger partial charge is 0.395 e. The number of anilines is 1. The summed E-state index contributed by atoms with van der Waals surface area (Å²) in [5, 5.41) is 20.5. The van der Waals surface area contributed by atoms with Gasteiger partial charge in [-0.15, -0.1) is 0 Å². The number of benzene rings is 1. The van der Waals surface area contributed by atoms with Crippen LogP contribution < -0.4 is 5.32 Å². The van der Waals surface area contributed by atoms with Gasteiger partial charge < -0.3 is 15.5 Å². The molecule has 1 aromatic carbocycles. The van der Waals surface area contributed by atoms with Gasteiger partial charge in [-0.1, -0.05) is 41.5 Å². The minimum Gasteiger partial charge on any atom is -0.395 e. The maximum atomic E-state index is 10.9. The van der Waals surface area contributed by atoms with Gasteiger partial charge in [-0.3, -0.25) is 4.79 Å². The molecule has 6 heteroatoms. The molecule has 1 amide bonds. The Morgan fingerprint density at radius 2 is 1.38 bits per heavy atom. The Kier molecular flexibility index (Phi) is 25.3. The lowest BCUT2D eigenvalue weighted by Gasteiger charge is -2.18. The van der Waals surface area contributed by atoms with Gasteiger partial charge in [0.15, 0.2) is 0 Å². The van der Waals surface area contributed by atoms with Crippen LogP contribution in [0.25, 0.3) is 0 Å². The lowest BCUT2D eigenvalue weighted by atomic mass is 10.3. The maximum Gasteiger partial charge on any atom is 0.221 e. The van der Waals surface area contributed by atoms with Crippen LogP contribution in [0.5, 0.6) is 0 Å². The molecule has 0 aliphatic carbocycles. The predicted molar refractivity (Wildman–Crippen MR) is 106 cm³/mol. The van der Waals surface area contributed by atoms with Crippen molar-refractivity contribution < 1.29 is 15.0 Å². The van der Waals surface area contributed by atoms with Crippen molar-refractivity contribution in [3.8, 4) is 0 Å². The number of amides is 1. The Bertz CT molecular complexity index is 367. The van der Waals surface area contributed by atoms with E-state index in [0.717, 1.165) is 10.6 Å². The molecule has 0 unspecified atom stereocenters. The number of nitrogens with one attached hydrogen (secondary N) is 1. The molecule has 3 N–H and O–H groups in total. The van der Waals surface area contributed by atoms with Crippen molar-refractivity contribution in [1.82, 2.24) is 4.31 Å². The number of nitrogens with zero attached hydrogens (tertiary/aromatic N) is 1. The summed E-state index contributed by atoms with van der Waals surface area (Å²) in [4.78, 5) is 11.9. The summed E-state index contributed by atoms with van der Waals surface area (Å²) < 4.78 is 1.88. The van der Waals surface area contributed by atoms with Gasteiger partial charge >= 0.3 is 0 Å². The van der Waals surface area contributed by atoms with Crippen molar-refractivity contribution in [2.45, 2.75) is 53.4 Å². The summed E-state index contributed by atoms with van der Waals surface area (Å²) in [6, 6.07) is 7.41. The third-order valence-corrected chi connectivity index (χ3v) is 3.21. The van der Waals surface area contributed by atoms with Crippen LogP contribution in [0.15, 0.2) is 29.2 Å². The number of carbonyl (C=O) groups is 1. The molecule has 0 atom stereocenters. The van der Waals surface area contributed by atoms with Crippen LogP contribution in [0.3, 0.4) is 0 Å². The number of carbonyl (C=O) groups excluding carboxylic acids is 1. The normalized spacial score (nSPS) is 8.75. The first kappa shape index (κ1) is 27.8. The van der Waals surface area contributed by atoms with Crippen molar-refractivity contribution in [3.05, 3.63) is 24.3 Å². The van der Waals surface area contributed by atoms with E-state index in [0.29, 0.717) is 13.1 Å². The molecule has 1 aromatic rings. The average Bonchev–Trinajstić information content (AvgIpc) is 2.62. The Hall–Kier alpha value is -1.08. The molecule has 0 saturated heterocycles. The fourth-order valence-electron chi connectivity index (χ4n) is 1.38. The van der Waals surface area contributed by atoms with E-state index in [9.17, 15) is 4.79 Å². The van der Waals surface area contributed by atoms with Crippen molar-refractivity contribution in [1.29, 1.82) is 0 Å². The van der Waals surface area contributed by atoms with Crippen LogP contribution in [0, 0.1) is 0 Å². The Morgan fingerprint density at radius 1 is 0.958 bits per heavy atom. The first-order valence-electron chi connectivity index (χ1n) is 8.68. The molecule has 0 aliphatic heterocycles. The molecule has 0 bridgehead atoms. The van der Waals surface area contributed by atoms with Crippen LogP contribution in [0.1, 0.15) is 48.5 Å². The molecule has 0 heterocycles. The second-order valence-electron chi connectivity index (χ2n) is 3.67. The lowest BCUT2D eigenvalue weighted by molar-refractivity contribution is -0.114. The van der Waals surface area contributed by atoms with Gasteiger partial charge in [0.05, 0.1) is 13.2 Å². The summed E-state index contributed by atoms with van der Waals surface area (Å²) in [5.41, 5.74) is 0.753. The molecular formula is C18H36N2O3S. The lowest BCUT2D eigenvalue weighted by Crippen LogP contribution is -2.22. The van der Waals surface area contributed by atoms with Gasteiger partial charge in [-0.25, -0.2) is 4.31 Å². The first-order valence-corrected chi connectivity index (χ1v) is 9.45. The summed E-state index contributed by atoms with van der Waals surface area (Å²) in [5.74, 6) is -0.0995. The van der Waals surface area contributed by atoms with Gasteiger partial charge in [0, 0.05) is 30.6 Å². The topological polar surface area (TPSA) is 72.8 Å². The highest BCUT2D eigenvalue weighted by molar-refractivity contribution is 7.97. The second kappa shape index (κ2) is 21.9. The summed E-state index contributed by atoms with van der Waals surface area (Å²) in [6.45, 7) is 14.6. The van der Waals surface area contributed by atoms with Crippen LogP contribution in [0.4, 0.5) is 5.69 Å². The van der Waals surface area contributed by atoms with Crippen molar-refractivity contribution in [2.24, 2.45) is 0 Å². The smallest absolute Gasteiger partial charge is 0.221 e. The predicted octanol–water partition coefficient (Wildman–Crippen LogP) is 4.02. The van der Waals surface area contributed by atoms with E-state index in [2.05, 4.69) is 5.32 Å². The molecule has 0 fully saturated rings. The van der Waals surface area contributed by atoms with E-state index in [1.54, 1.807) is 0 Å². The number of aliphatic hydroxyl groups is 2. The summed E-state index contributed by atoms with van der Waals surface area (Å²) in [6.07, 6.45) is 0. The van der Waals surface area contributed by atoms with Crippen molar-refractivity contribution in [3.63, 3.8) is 0 Å². The highest BCUT2D eigenvalue weighted by Crippen LogP contribution is 2.23. The van der Waals surface area contributed by atoms with Crippen LogP contribution >= 0.6 is 11.9 Å². The molecule has 0 saturated carbocycles. The highest BCUT2D eigenvalue weighted by Gasteiger charge is 2.06. The fraction of sp³-hybridized carbons (Fsp3) is 0.611. The van der Waals surface area contributed by atoms with Crippen LogP contribution in [-0.2, 0) is 4.79 Å². The minimum atomic E-state index is -0.0995. The van der Waals surface area contributed by atoms with Gasteiger partial charge in [0.25, 0.3) is 0 Å². The van der Waals surface area contributed by atoms with E-state index < -0.39 is 0 Å². The summed E-state index contributed by atoms with van der Waals surface area (Å²) in [7, 11) is 0. The quantitative estimate of drug-likeness (QED) is 0.641.